The maximum Gasteiger partial charge on any atom is 0.260 e. The second-order valence-electron chi connectivity index (χ2n) is 7.10. The van der Waals surface area contributed by atoms with Crippen molar-refractivity contribution in [1.82, 2.24) is 4.98 Å². The van der Waals surface area contributed by atoms with Gasteiger partial charge in [-0.15, -0.1) is 0 Å². The number of fused-ring (bicyclic) bond motifs is 2. The van der Waals surface area contributed by atoms with Gasteiger partial charge in [0.15, 0.2) is 0 Å². The molecular formula is C20H24N4O2. The SMILES string of the molecule is CN1C(=O)c2ccccc2N(C)c2cc(NC3CCCCC3O)ncc21. The van der Waals surface area contributed by atoms with E-state index >= 15 is 0 Å². The number of aliphatic hydroxyl groups is 1. The minimum Gasteiger partial charge on any atom is -0.391 e. The van der Waals surface area contributed by atoms with E-state index in [-0.39, 0.29) is 18.1 Å². The molecule has 1 fully saturated rings. The summed E-state index contributed by atoms with van der Waals surface area (Å²) in [5.74, 6) is 0.679. The number of nitrogens with zero attached hydrogens (tertiary/aromatic N) is 3. The van der Waals surface area contributed by atoms with Crippen molar-refractivity contribution >= 4 is 28.8 Å². The van der Waals surface area contributed by atoms with E-state index in [4.69, 9.17) is 0 Å². The van der Waals surface area contributed by atoms with Gasteiger partial charge >= 0.3 is 0 Å². The van der Waals surface area contributed by atoms with Crippen molar-refractivity contribution in [2.75, 3.05) is 29.2 Å². The highest BCUT2D eigenvalue weighted by Crippen LogP contribution is 2.39. The molecule has 26 heavy (non-hydrogen) atoms. The van der Waals surface area contributed by atoms with Crippen LogP contribution in [0.2, 0.25) is 0 Å². The third-order valence-corrected chi connectivity index (χ3v) is 5.45. The third kappa shape index (κ3) is 2.80. The molecule has 6 heteroatoms. The Morgan fingerprint density at radius 1 is 1.08 bits per heavy atom. The summed E-state index contributed by atoms with van der Waals surface area (Å²) in [6.45, 7) is 0. The summed E-state index contributed by atoms with van der Waals surface area (Å²) in [4.78, 5) is 21.0. The predicted octanol–water partition coefficient (Wildman–Crippen LogP) is 3.15. The Balaban J connectivity index is 1.72. The zero-order chi connectivity index (χ0) is 18.3. The molecule has 2 heterocycles. The van der Waals surface area contributed by atoms with Crippen LogP contribution in [-0.4, -0.2) is 42.2 Å². The van der Waals surface area contributed by atoms with Crippen LogP contribution in [0.15, 0.2) is 36.5 Å². The Bertz CT molecular complexity index is 838. The maximum atomic E-state index is 12.8. The van der Waals surface area contributed by atoms with Gasteiger partial charge in [-0.2, -0.15) is 0 Å². The molecule has 0 spiro atoms. The first-order chi connectivity index (χ1) is 12.6. The van der Waals surface area contributed by atoms with Crippen LogP contribution in [0.1, 0.15) is 36.0 Å². The number of hydrogen-bond donors (Lipinski definition) is 2. The molecule has 0 radical (unpaired) electrons. The van der Waals surface area contributed by atoms with E-state index in [1.807, 2.05) is 42.3 Å². The van der Waals surface area contributed by atoms with Crippen molar-refractivity contribution in [2.45, 2.75) is 37.8 Å². The predicted molar refractivity (Wildman–Crippen MR) is 103 cm³/mol. The van der Waals surface area contributed by atoms with Gasteiger partial charge in [-0.1, -0.05) is 25.0 Å². The molecule has 2 unspecified atom stereocenters. The number of carbonyl (C=O) groups is 1. The van der Waals surface area contributed by atoms with Crippen molar-refractivity contribution < 1.29 is 9.90 Å². The highest BCUT2D eigenvalue weighted by Gasteiger charge is 2.28. The number of carbonyl (C=O) groups excluding carboxylic acids is 1. The fraction of sp³-hybridized carbons (Fsp3) is 0.400. The molecule has 4 rings (SSSR count). The number of nitrogens with one attached hydrogen (secondary N) is 1. The highest BCUT2D eigenvalue weighted by molar-refractivity contribution is 6.13. The molecule has 1 aromatic carbocycles. The Kier molecular flexibility index (Phi) is 4.28. The normalized spacial score (nSPS) is 22.5. The number of hydrogen-bond acceptors (Lipinski definition) is 5. The summed E-state index contributed by atoms with van der Waals surface area (Å²) in [5.41, 5.74) is 3.22. The van der Waals surface area contributed by atoms with Crippen LogP contribution >= 0.6 is 0 Å². The Labute approximate surface area is 153 Å². The second kappa shape index (κ2) is 6.61. The lowest BCUT2D eigenvalue weighted by atomic mass is 9.92. The Hall–Kier alpha value is -2.60. The first kappa shape index (κ1) is 16.8. The minimum absolute atomic E-state index is 0.0250. The Morgan fingerprint density at radius 3 is 2.65 bits per heavy atom. The highest BCUT2D eigenvalue weighted by atomic mass is 16.3. The topological polar surface area (TPSA) is 68.7 Å². The molecule has 2 aromatic rings. The van der Waals surface area contributed by atoms with Gasteiger partial charge in [0, 0.05) is 20.2 Å². The van der Waals surface area contributed by atoms with E-state index in [1.165, 1.54) is 0 Å². The lowest BCUT2D eigenvalue weighted by Crippen LogP contribution is -2.36. The number of anilines is 4. The number of aliphatic hydroxyl groups excluding tert-OH is 1. The fourth-order valence-corrected chi connectivity index (χ4v) is 3.88. The number of benzene rings is 1. The summed E-state index contributed by atoms with van der Waals surface area (Å²) >= 11 is 0. The van der Waals surface area contributed by atoms with Crippen molar-refractivity contribution in [1.29, 1.82) is 0 Å². The molecule has 0 bridgehead atoms. The molecule has 1 saturated carbocycles. The Morgan fingerprint density at radius 2 is 1.85 bits per heavy atom. The molecule has 1 amide bonds. The number of aromatic nitrogens is 1. The van der Waals surface area contributed by atoms with Gasteiger partial charge in [0.05, 0.1) is 41.0 Å². The fourth-order valence-electron chi connectivity index (χ4n) is 3.88. The van der Waals surface area contributed by atoms with Gasteiger partial charge in [-0.05, 0) is 25.0 Å². The molecule has 2 aliphatic rings. The van der Waals surface area contributed by atoms with Gasteiger partial charge in [-0.25, -0.2) is 4.98 Å². The monoisotopic (exact) mass is 352 g/mol. The van der Waals surface area contributed by atoms with E-state index in [0.29, 0.717) is 5.56 Å². The number of para-hydroxylation sites is 1. The standard InChI is InChI=1S/C20H24N4O2/c1-23-15-9-5-3-7-13(15)20(26)24(2)17-12-21-19(11-16(17)23)22-14-8-4-6-10-18(14)25/h3,5,7,9,11-12,14,18,25H,4,6,8,10H2,1-2H3,(H,21,22). The number of pyridine rings is 1. The van der Waals surface area contributed by atoms with Gasteiger partial charge < -0.3 is 20.2 Å². The average molecular weight is 352 g/mol. The smallest absolute Gasteiger partial charge is 0.260 e. The summed E-state index contributed by atoms with van der Waals surface area (Å²) < 4.78 is 0. The number of rotatable bonds is 2. The molecular weight excluding hydrogens is 328 g/mol. The van der Waals surface area contributed by atoms with Crippen molar-refractivity contribution in [3.63, 3.8) is 0 Å². The second-order valence-corrected chi connectivity index (χ2v) is 7.10. The van der Waals surface area contributed by atoms with E-state index < -0.39 is 0 Å². The summed E-state index contributed by atoms with van der Waals surface area (Å²) in [5, 5.41) is 13.6. The summed E-state index contributed by atoms with van der Waals surface area (Å²) in [6.07, 6.45) is 5.34. The van der Waals surface area contributed by atoms with Gasteiger partial charge in [0.1, 0.15) is 5.82 Å². The molecule has 1 aliphatic carbocycles. The minimum atomic E-state index is -0.341. The lowest BCUT2D eigenvalue weighted by Gasteiger charge is -2.29. The van der Waals surface area contributed by atoms with Gasteiger partial charge in [0.25, 0.3) is 5.91 Å². The van der Waals surface area contributed by atoms with E-state index in [2.05, 4.69) is 10.3 Å². The van der Waals surface area contributed by atoms with Crippen molar-refractivity contribution in [3.05, 3.63) is 42.1 Å². The quantitative estimate of drug-likeness (QED) is 0.869. The first-order valence-corrected chi connectivity index (χ1v) is 9.11. The largest absolute Gasteiger partial charge is 0.391 e. The van der Waals surface area contributed by atoms with Crippen LogP contribution in [0.5, 0.6) is 0 Å². The van der Waals surface area contributed by atoms with Crippen LogP contribution in [-0.2, 0) is 0 Å². The first-order valence-electron chi connectivity index (χ1n) is 9.11. The van der Waals surface area contributed by atoms with E-state index in [1.54, 1.807) is 18.1 Å². The van der Waals surface area contributed by atoms with Crippen LogP contribution in [0, 0.1) is 0 Å². The molecule has 1 aliphatic heterocycles. The van der Waals surface area contributed by atoms with Crippen molar-refractivity contribution in [3.8, 4) is 0 Å². The molecule has 2 atom stereocenters. The van der Waals surface area contributed by atoms with Gasteiger partial charge in [-0.3, -0.25) is 4.79 Å². The van der Waals surface area contributed by atoms with Crippen LogP contribution < -0.4 is 15.1 Å². The third-order valence-electron chi connectivity index (χ3n) is 5.45. The van der Waals surface area contributed by atoms with Gasteiger partial charge in [0.2, 0.25) is 0 Å². The molecule has 136 valence electrons. The van der Waals surface area contributed by atoms with Crippen LogP contribution in [0.3, 0.4) is 0 Å². The number of amides is 1. The van der Waals surface area contributed by atoms with E-state index in [0.717, 1.165) is 48.6 Å². The van der Waals surface area contributed by atoms with E-state index in [9.17, 15) is 9.90 Å². The van der Waals surface area contributed by atoms with Crippen LogP contribution in [0.25, 0.3) is 0 Å². The zero-order valence-corrected chi connectivity index (χ0v) is 15.1. The molecule has 2 N–H and O–H groups in total. The maximum absolute atomic E-state index is 12.8. The molecule has 6 nitrogen and oxygen atoms in total. The van der Waals surface area contributed by atoms with Crippen LogP contribution in [0.4, 0.5) is 22.9 Å². The molecule has 0 saturated heterocycles. The average Bonchev–Trinajstić information content (AvgIpc) is 2.74. The summed E-state index contributed by atoms with van der Waals surface area (Å²) in [6, 6.07) is 9.60. The van der Waals surface area contributed by atoms with Crippen molar-refractivity contribution in [2.24, 2.45) is 0 Å². The zero-order valence-electron chi connectivity index (χ0n) is 15.1. The lowest BCUT2D eigenvalue weighted by molar-refractivity contribution is 0.0994. The summed E-state index contributed by atoms with van der Waals surface area (Å²) in [7, 11) is 3.74. The molecule has 1 aromatic heterocycles.